The Morgan fingerprint density at radius 1 is 0.628 bits per heavy atom. The van der Waals surface area contributed by atoms with Crippen LogP contribution in [0.25, 0.3) is 22.3 Å². The smallest absolute Gasteiger partial charge is 0.407 e. The van der Waals surface area contributed by atoms with E-state index in [1.54, 1.807) is 0 Å². The van der Waals surface area contributed by atoms with Crippen LogP contribution >= 0.6 is 0 Å². The molecule has 2 aliphatic rings. The van der Waals surface area contributed by atoms with E-state index in [4.69, 9.17) is 9.47 Å². The van der Waals surface area contributed by atoms with Gasteiger partial charge in [0, 0.05) is 18.4 Å². The number of rotatable bonds is 11. The van der Waals surface area contributed by atoms with Gasteiger partial charge in [0.05, 0.1) is 12.6 Å². The van der Waals surface area contributed by atoms with Crippen molar-refractivity contribution in [3.05, 3.63) is 119 Å². The number of aliphatic hydroxyl groups excluding tert-OH is 1. The average Bonchev–Trinajstić information content (AvgIpc) is 3.54. The second-order valence-electron chi connectivity index (χ2n) is 11.1. The third kappa shape index (κ3) is 6.13. The van der Waals surface area contributed by atoms with Gasteiger partial charge in [-0.3, -0.25) is 0 Å². The lowest BCUT2D eigenvalue weighted by atomic mass is 9.98. The summed E-state index contributed by atoms with van der Waals surface area (Å²) < 4.78 is 11.2. The van der Waals surface area contributed by atoms with E-state index in [0.717, 1.165) is 11.1 Å². The monoisotopic (exact) mass is 576 g/mol. The normalized spacial score (nSPS) is 13.8. The molecule has 0 aromatic heterocycles. The van der Waals surface area contributed by atoms with Crippen molar-refractivity contribution in [2.75, 3.05) is 26.4 Å². The van der Waals surface area contributed by atoms with Crippen LogP contribution in [0, 0.1) is 0 Å². The molecule has 1 unspecified atom stereocenters. The fourth-order valence-corrected chi connectivity index (χ4v) is 6.37. The summed E-state index contributed by atoms with van der Waals surface area (Å²) in [5.41, 5.74) is 9.39. The van der Waals surface area contributed by atoms with Crippen molar-refractivity contribution in [1.29, 1.82) is 0 Å². The Hall–Kier alpha value is -4.62. The topological polar surface area (TPSA) is 96.9 Å². The molecule has 220 valence electrons. The molecule has 4 aromatic carbocycles. The van der Waals surface area contributed by atoms with Gasteiger partial charge in [0.25, 0.3) is 0 Å². The largest absolute Gasteiger partial charge is 0.449 e. The standard InChI is InChI=1S/C36H36N2O5/c39-21-24(38-36(41)43-23-34-31-18-7-3-14-27(31)28-15-4-8-19-32(28)34)11-9-10-20-37-35(40)42-22-33-29-16-5-1-12-25(29)26-13-2-6-17-30(26)33/h1-8,12-19,24,33-34,39H,9-11,20-23H2,(H,37,40)(H,38,41). The molecule has 2 amide bonds. The molecule has 43 heavy (non-hydrogen) atoms. The maximum atomic E-state index is 12.6. The van der Waals surface area contributed by atoms with Gasteiger partial charge in [0.2, 0.25) is 0 Å². The number of amides is 2. The van der Waals surface area contributed by atoms with Crippen molar-refractivity contribution >= 4 is 12.2 Å². The van der Waals surface area contributed by atoms with Crippen molar-refractivity contribution in [2.24, 2.45) is 0 Å². The zero-order chi connectivity index (χ0) is 29.6. The summed E-state index contributed by atoms with van der Waals surface area (Å²) in [4.78, 5) is 25.0. The highest BCUT2D eigenvalue weighted by atomic mass is 16.6. The number of benzene rings is 4. The minimum Gasteiger partial charge on any atom is -0.449 e. The molecule has 3 N–H and O–H groups in total. The van der Waals surface area contributed by atoms with Crippen LogP contribution in [0.1, 0.15) is 53.4 Å². The van der Waals surface area contributed by atoms with E-state index in [9.17, 15) is 14.7 Å². The highest BCUT2D eigenvalue weighted by Crippen LogP contribution is 2.45. The molecule has 0 heterocycles. The Morgan fingerprint density at radius 2 is 1.05 bits per heavy atom. The molecule has 0 fully saturated rings. The number of unbranched alkanes of at least 4 members (excludes halogenated alkanes) is 1. The number of hydrogen-bond acceptors (Lipinski definition) is 5. The maximum Gasteiger partial charge on any atom is 0.407 e. The molecule has 0 saturated heterocycles. The first-order valence-corrected chi connectivity index (χ1v) is 14.9. The van der Waals surface area contributed by atoms with Gasteiger partial charge in [-0.2, -0.15) is 0 Å². The van der Waals surface area contributed by atoms with Gasteiger partial charge < -0.3 is 25.2 Å². The van der Waals surface area contributed by atoms with Crippen LogP contribution in [0.2, 0.25) is 0 Å². The van der Waals surface area contributed by atoms with E-state index in [1.807, 2.05) is 48.5 Å². The SMILES string of the molecule is O=C(NCCCCC(CO)NC(=O)OCC1c2ccccc2-c2ccccc21)OCC1c2ccccc2-c2ccccc21. The van der Waals surface area contributed by atoms with Crippen molar-refractivity contribution in [2.45, 2.75) is 37.1 Å². The molecule has 4 aromatic rings. The molecule has 0 saturated carbocycles. The van der Waals surface area contributed by atoms with E-state index in [-0.39, 0.29) is 31.7 Å². The highest BCUT2D eigenvalue weighted by Gasteiger charge is 2.30. The van der Waals surface area contributed by atoms with Crippen LogP contribution in [0.4, 0.5) is 9.59 Å². The fourth-order valence-electron chi connectivity index (χ4n) is 6.37. The highest BCUT2D eigenvalue weighted by molar-refractivity contribution is 5.80. The number of alkyl carbamates (subject to hydrolysis) is 2. The second kappa shape index (κ2) is 13.1. The van der Waals surface area contributed by atoms with E-state index >= 15 is 0 Å². The summed E-state index contributed by atoms with van der Waals surface area (Å²) in [5, 5.41) is 15.4. The Bertz CT molecular complexity index is 1510. The van der Waals surface area contributed by atoms with Crippen LogP contribution < -0.4 is 10.6 Å². The molecular formula is C36H36N2O5. The lowest BCUT2D eigenvalue weighted by molar-refractivity contribution is 0.131. The Balaban J connectivity index is 0.904. The zero-order valence-electron chi connectivity index (χ0n) is 24.0. The van der Waals surface area contributed by atoms with Gasteiger partial charge in [-0.25, -0.2) is 9.59 Å². The average molecular weight is 577 g/mol. The maximum absolute atomic E-state index is 12.6. The quantitative estimate of drug-likeness (QED) is 0.175. The van der Waals surface area contributed by atoms with Gasteiger partial charge in [0.1, 0.15) is 13.2 Å². The molecule has 7 nitrogen and oxygen atoms in total. The summed E-state index contributed by atoms with van der Waals surface area (Å²) in [5.74, 6) is 0.00200. The number of carbonyl (C=O) groups is 2. The van der Waals surface area contributed by atoms with Crippen molar-refractivity contribution < 1.29 is 24.2 Å². The predicted molar refractivity (Wildman–Crippen MR) is 166 cm³/mol. The first-order chi connectivity index (χ1) is 21.1. The number of aliphatic hydroxyl groups is 1. The van der Waals surface area contributed by atoms with E-state index in [0.29, 0.717) is 25.8 Å². The van der Waals surface area contributed by atoms with Crippen molar-refractivity contribution in [3.63, 3.8) is 0 Å². The third-order valence-corrected chi connectivity index (χ3v) is 8.48. The summed E-state index contributed by atoms with van der Waals surface area (Å²) in [6, 6.07) is 32.4. The Kier molecular flexibility index (Phi) is 8.70. The number of fused-ring (bicyclic) bond motifs is 6. The lowest BCUT2D eigenvalue weighted by Gasteiger charge is -2.18. The Morgan fingerprint density at radius 3 is 1.49 bits per heavy atom. The van der Waals surface area contributed by atoms with E-state index < -0.39 is 18.2 Å². The molecule has 0 bridgehead atoms. The van der Waals surface area contributed by atoms with Crippen LogP contribution in [0.3, 0.4) is 0 Å². The molecule has 7 heteroatoms. The van der Waals surface area contributed by atoms with E-state index in [1.165, 1.54) is 33.4 Å². The minimum atomic E-state index is -0.544. The number of carbonyl (C=O) groups excluding carboxylic acids is 2. The second-order valence-corrected chi connectivity index (χ2v) is 11.1. The third-order valence-electron chi connectivity index (χ3n) is 8.48. The summed E-state index contributed by atoms with van der Waals surface area (Å²) in [6.45, 7) is 0.752. The van der Waals surface area contributed by atoms with Gasteiger partial charge >= 0.3 is 12.2 Å². The summed E-state index contributed by atoms with van der Waals surface area (Å²) in [7, 11) is 0. The number of hydrogen-bond donors (Lipinski definition) is 3. The molecule has 0 spiro atoms. The first-order valence-electron chi connectivity index (χ1n) is 14.9. The fraction of sp³-hybridized carbons (Fsp3) is 0.278. The van der Waals surface area contributed by atoms with Gasteiger partial charge in [-0.05, 0) is 63.8 Å². The van der Waals surface area contributed by atoms with Crippen LogP contribution in [-0.4, -0.2) is 49.7 Å². The van der Waals surface area contributed by atoms with Crippen LogP contribution in [0.15, 0.2) is 97.1 Å². The van der Waals surface area contributed by atoms with Crippen molar-refractivity contribution in [1.82, 2.24) is 10.6 Å². The number of nitrogens with one attached hydrogen (secondary N) is 2. The first kappa shape index (κ1) is 28.5. The van der Waals surface area contributed by atoms with Crippen LogP contribution in [-0.2, 0) is 9.47 Å². The molecule has 0 radical (unpaired) electrons. The predicted octanol–water partition coefficient (Wildman–Crippen LogP) is 6.60. The van der Waals surface area contributed by atoms with Crippen molar-refractivity contribution in [3.8, 4) is 22.3 Å². The summed E-state index contributed by atoms with van der Waals surface area (Å²) in [6.07, 6.45) is 0.966. The number of ether oxygens (including phenoxy) is 2. The minimum absolute atomic E-state index is 0.0188. The van der Waals surface area contributed by atoms with Gasteiger partial charge in [-0.1, -0.05) is 97.1 Å². The Labute approximate surface area is 251 Å². The molecule has 6 rings (SSSR count). The summed E-state index contributed by atoms with van der Waals surface area (Å²) >= 11 is 0. The van der Waals surface area contributed by atoms with E-state index in [2.05, 4.69) is 59.2 Å². The molecule has 1 atom stereocenters. The molecule has 2 aliphatic carbocycles. The van der Waals surface area contributed by atoms with Gasteiger partial charge in [0.15, 0.2) is 0 Å². The lowest BCUT2D eigenvalue weighted by Crippen LogP contribution is -2.38. The van der Waals surface area contributed by atoms with Crippen LogP contribution in [0.5, 0.6) is 0 Å². The van der Waals surface area contributed by atoms with Gasteiger partial charge in [-0.15, -0.1) is 0 Å². The molecular weight excluding hydrogens is 540 g/mol. The zero-order valence-corrected chi connectivity index (χ0v) is 24.0. The molecule has 0 aliphatic heterocycles.